The first-order valence-electron chi connectivity index (χ1n) is 5.14. The highest BCUT2D eigenvalue weighted by Gasteiger charge is 2.08. The van der Waals surface area contributed by atoms with Crippen molar-refractivity contribution in [3.63, 3.8) is 0 Å². The topological polar surface area (TPSA) is 74.2 Å². The first-order chi connectivity index (χ1) is 8.33. The summed E-state index contributed by atoms with van der Waals surface area (Å²) < 4.78 is 10.9. The molecule has 0 aliphatic heterocycles. The number of rotatable bonds is 5. The van der Waals surface area contributed by atoms with Crippen molar-refractivity contribution < 1.29 is 9.15 Å². The van der Waals surface area contributed by atoms with E-state index in [-0.39, 0.29) is 0 Å². The van der Waals surface area contributed by atoms with Crippen LogP contribution in [0.5, 0.6) is 5.75 Å². The molecule has 0 amide bonds. The number of aromatic nitrogens is 2. The summed E-state index contributed by atoms with van der Waals surface area (Å²) in [6, 6.07) is 7.50. The number of ether oxygens (including phenoxy) is 1. The molecule has 1 aromatic carbocycles. The Balaban J connectivity index is 2.20. The van der Waals surface area contributed by atoms with Crippen LogP contribution in [-0.4, -0.2) is 29.6 Å². The third-order valence-electron chi connectivity index (χ3n) is 2.05. The quantitative estimate of drug-likeness (QED) is 0.817. The maximum absolute atomic E-state index is 5.44. The lowest BCUT2D eigenvalue weighted by molar-refractivity contribution is 0.328. The summed E-state index contributed by atoms with van der Waals surface area (Å²) in [5.74, 6) is 1.24. The van der Waals surface area contributed by atoms with Gasteiger partial charge in [0.1, 0.15) is 12.4 Å². The molecule has 0 spiro atoms. The summed E-state index contributed by atoms with van der Waals surface area (Å²) >= 11 is 1.41. The minimum atomic E-state index is 0.488. The fourth-order valence-electron chi connectivity index (χ4n) is 1.30. The fourth-order valence-corrected chi connectivity index (χ4v) is 1.59. The Kier molecular flexibility index (Phi) is 4.00. The zero-order valence-electron chi connectivity index (χ0n) is 9.42. The molecular weight excluding hydrogens is 238 g/mol. The Morgan fingerprint density at radius 1 is 1.41 bits per heavy atom. The smallest absolute Gasteiger partial charge is 0.276 e. The van der Waals surface area contributed by atoms with Gasteiger partial charge in [0.15, 0.2) is 0 Å². The minimum absolute atomic E-state index is 0.488. The number of nitrogens with two attached hydrogens (primary N) is 1. The second kappa shape index (κ2) is 5.70. The number of hydrogen-bond acceptors (Lipinski definition) is 6. The molecule has 2 aromatic rings. The Bertz CT molecular complexity index is 487. The van der Waals surface area contributed by atoms with E-state index in [0.29, 0.717) is 24.3 Å². The Morgan fingerprint density at radius 3 is 3.00 bits per heavy atom. The Morgan fingerprint density at radius 2 is 2.29 bits per heavy atom. The maximum Gasteiger partial charge on any atom is 0.276 e. The Labute approximate surface area is 103 Å². The average molecular weight is 251 g/mol. The van der Waals surface area contributed by atoms with E-state index in [1.54, 1.807) is 0 Å². The van der Waals surface area contributed by atoms with Crippen LogP contribution in [0, 0.1) is 0 Å². The van der Waals surface area contributed by atoms with Crippen molar-refractivity contribution >= 4 is 11.8 Å². The molecule has 90 valence electrons. The summed E-state index contributed by atoms with van der Waals surface area (Å²) in [6.07, 6.45) is 1.89. The van der Waals surface area contributed by atoms with Crippen LogP contribution in [0.3, 0.4) is 0 Å². The van der Waals surface area contributed by atoms with Crippen LogP contribution >= 0.6 is 11.8 Å². The van der Waals surface area contributed by atoms with Crippen LogP contribution < -0.4 is 10.5 Å². The highest BCUT2D eigenvalue weighted by molar-refractivity contribution is 7.98. The van der Waals surface area contributed by atoms with Crippen molar-refractivity contribution in [2.24, 2.45) is 5.73 Å². The van der Waals surface area contributed by atoms with E-state index in [9.17, 15) is 0 Å². The summed E-state index contributed by atoms with van der Waals surface area (Å²) in [7, 11) is 0. The van der Waals surface area contributed by atoms with Crippen molar-refractivity contribution in [3.05, 3.63) is 24.3 Å². The van der Waals surface area contributed by atoms with Crippen LogP contribution in [-0.2, 0) is 0 Å². The molecule has 0 saturated carbocycles. The van der Waals surface area contributed by atoms with Crippen molar-refractivity contribution in [3.8, 4) is 17.2 Å². The predicted molar refractivity (Wildman–Crippen MR) is 66.1 cm³/mol. The highest BCUT2D eigenvalue weighted by Crippen LogP contribution is 2.24. The van der Waals surface area contributed by atoms with E-state index in [1.807, 2.05) is 30.5 Å². The van der Waals surface area contributed by atoms with Gasteiger partial charge in [0.2, 0.25) is 5.89 Å². The second-order valence-electron chi connectivity index (χ2n) is 3.24. The van der Waals surface area contributed by atoms with Crippen LogP contribution in [0.2, 0.25) is 0 Å². The van der Waals surface area contributed by atoms with Gasteiger partial charge >= 0.3 is 0 Å². The van der Waals surface area contributed by atoms with E-state index >= 15 is 0 Å². The normalized spacial score (nSPS) is 10.5. The summed E-state index contributed by atoms with van der Waals surface area (Å²) in [5.41, 5.74) is 6.22. The van der Waals surface area contributed by atoms with E-state index in [2.05, 4.69) is 10.2 Å². The van der Waals surface area contributed by atoms with Crippen LogP contribution in [0.4, 0.5) is 0 Å². The standard InChI is InChI=1S/C11H13N3O2S/c1-17-11-14-13-10(16-11)8-3-2-4-9(7-8)15-6-5-12/h2-4,7H,5-6,12H2,1H3. The second-order valence-corrected chi connectivity index (χ2v) is 4.00. The van der Waals surface area contributed by atoms with Gasteiger partial charge in [0, 0.05) is 12.1 Å². The average Bonchev–Trinajstić information content (AvgIpc) is 2.85. The number of thioether (sulfide) groups is 1. The van der Waals surface area contributed by atoms with Gasteiger partial charge in [-0.25, -0.2) is 0 Å². The molecule has 0 saturated heterocycles. The molecule has 2 rings (SSSR count). The first kappa shape index (κ1) is 11.9. The number of hydrogen-bond donors (Lipinski definition) is 1. The van der Waals surface area contributed by atoms with Crippen molar-refractivity contribution in [1.82, 2.24) is 10.2 Å². The predicted octanol–water partition coefficient (Wildman–Crippen LogP) is 1.80. The molecule has 2 N–H and O–H groups in total. The zero-order valence-corrected chi connectivity index (χ0v) is 10.2. The van der Waals surface area contributed by atoms with Gasteiger partial charge < -0.3 is 14.9 Å². The molecule has 0 aliphatic rings. The molecule has 0 aliphatic carbocycles. The molecular formula is C11H13N3O2S. The fraction of sp³-hybridized carbons (Fsp3) is 0.273. The van der Waals surface area contributed by atoms with Gasteiger partial charge in [-0.15, -0.1) is 10.2 Å². The molecule has 1 aromatic heterocycles. The van der Waals surface area contributed by atoms with Crippen LogP contribution in [0.1, 0.15) is 0 Å². The summed E-state index contributed by atoms with van der Waals surface area (Å²) in [6.45, 7) is 0.977. The third-order valence-corrected chi connectivity index (χ3v) is 2.56. The molecule has 0 atom stereocenters. The van der Waals surface area contributed by atoms with Crippen LogP contribution in [0.15, 0.2) is 33.9 Å². The van der Waals surface area contributed by atoms with Crippen molar-refractivity contribution in [1.29, 1.82) is 0 Å². The SMILES string of the molecule is CSc1nnc(-c2cccc(OCCN)c2)o1. The number of benzene rings is 1. The van der Waals surface area contributed by atoms with Gasteiger partial charge in [0.05, 0.1) is 0 Å². The van der Waals surface area contributed by atoms with Crippen LogP contribution in [0.25, 0.3) is 11.5 Å². The van der Waals surface area contributed by atoms with E-state index in [1.165, 1.54) is 11.8 Å². The Hall–Kier alpha value is -1.53. The molecule has 0 unspecified atom stereocenters. The van der Waals surface area contributed by atoms with E-state index in [4.69, 9.17) is 14.9 Å². The monoisotopic (exact) mass is 251 g/mol. The largest absolute Gasteiger partial charge is 0.492 e. The maximum atomic E-state index is 5.44. The third kappa shape index (κ3) is 2.98. The lowest BCUT2D eigenvalue weighted by atomic mass is 10.2. The van der Waals surface area contributed by atoms with Gasteiger partial charge in [-0.3, -0.25) is 0 Å². The lowest BCUT2D eigenvalue weighted by Gasteiger charge is -2.04. The molecule has 0 bridgehead atoms. The van der Waals surface area contributed by atoms with Gasteiger partial charge in [-0.2, -0.15) is 0 Å². The number of nitrogens with zero attached hydrogens (tertiary/aromatic N) is 2. The van der Waals surface area contributed by atoms with Crippen molar-refractivity contribution in [2.75, 3.05) is 19.4 Å². The molecule has 0 radical (unpaired) electrons. The van der Waals surface area contributed by atoms with Gasteiger partial charge in [0.25, 0.3) is 5.22 Å². The molecule has 5 nitrogen and oxygen atoms in total. The summed E-state index contributed by atoms with van der Waals surface area (Å²) in [5, 5.41) is 8.40. The minimum Gasteiger partial charge on any atom is -0.492 e. The lowest BCUT2D eigenvalue weighted by Crippen LogP contribution is -2.10. The molecule has 6 heteroatoms. The van der Waals surface area contributed by atoms with E-state index < -0.39 is 0 Å². The van der Waals surface area contributed by atoms with Gasteiger partial charge in [-0.05, 0) is 24.5 Å². The molecule has 1 heterocycles. The zero-order chi connectivity index (χ0) is 12.1. The molecule has 17 heavy (non-hydrogen) atoms. The van der Waals surface area contributed by atoms with Gasteiger partial charge in [-0.1, -0.05) is 17.8 Å². The van der Waals surface area contributed by atoms with E-state index in [0.717, 1.165) is 11.3 Å². The molecule has 0 fully saturated rings. The highest BCUT2D eigenvalue weighted by atomic mass is 32.2. The van der Waals surface area contributed by atoms with Crippen molar-refractivity contribution in [2.45, 2.75) is 5.22 Å². The summed E-state index contributed by atoms with van der Waals surface area (Å²) in [4.78, 5) is 0. The first-order valence-corrected chi connectivity index (χ1v) is 6.36.